The van der Waals surface area contributed by atoms with Crippen molar-refractivity contribution in [3.8, 4) is 0 Å². The first kappa shape index (κ1) is 25.3. The van der Waals surface area contributed by atoms with Gasteiger partial charge >= 0.3 is 5.97 Å². The van der Waals surface area contributed by atoms with Crippen LogP contribution in [0, 0.1) is 11.8 Å². The number of alkyl halides is 3. The zero-order valence-electron chi connectivity index (χ0n) is 17.5. The molecule has 1 heterocycles. The number of hydrogen-bond acceptors (Lipinski definition) is 5. The van der Waals surface area contributed by atoms with Gasteiger partial charge in [0.25, 0.3) is 0 Å². The molecule has 1 amide bonds. The molecule has 0 bridgehead atoms. The average Bonchev–Trinajstić information content (AvgIpc) is 2.67. The van der Waals surface area contributed by atoms with Crippen LogP contribution in [-0.4, -0.2) is 94.8 Å². The van der Waals surface area contributed by atoms with E-state index >= 15 is 0 Å². The molecule has 0 aromatic rings. The third-order valence-corrected chi connectivity index (χ3v) is 6.51. The molecule has 1 aliphatic heterocycles. The van der Waals surface area contributed by atoms with Gasteiger partial charge in [0.1, 0.15) is 12.1 Å². The van der Waals surface area contributed by atoms with Crippen LogP contribution in [0.1, 0.15) is 33.1 Å². The largest absolute Gasteiger partial charge is 0.481 e. The van der Waals surface area contributed by atoms with Crippen LogP contribution in [0.4, 0.5) is 4.39 Å². The maximum atomic E-state index is 14.9. The third kappa shape index (κ3) is 6.28. The minimum Gasteiger partial charge on any atom is -0.481 e. The minimum atomic E-state index is -1.39. The van der Waals surface area contributed by atoms with Gasteiger partial charge in [-0.2, -0.15) is 0 Å². The Morgan fingerprint density at radius 3 is 2.40 bits per heavy atom. The maximum Gasteiger partial charge on any atom is 0.315 e. The molecule has 172 valence electrons. The molecule has 5 atom stereocenters. The number of carbonyl (C=O) groups is 3. The second-order valence-electron chi connectivity index (χ2n) is 8.39. The number of halogens is 3. The molecule has 2 fully saturated rings. The number of nitrogens with one attached hydrogen (secondary N) is 1. The number of Topliss-reactive ketones (excluding diaryl/α,β-unsaturated/α-hetero) is 1. The Bertz CT molecular complexity index is 619. The lowest BCUT2D eigenvalue weighted by Gasteiger charge is -2.49. The summed E-state index contributed by atoms with van der Waals surface area (Å²) < 4.78 is 14.9. The quantitative estimate of drug-likeness (QED) is 0.375. The molecule has 2 N–H and O–H groups in total. The van der Waals surface area contributed by atoms with Crippen molar-refractivity contribution in [3.05, 3.63) is 0 Å². The van der Waals surface area contributed by atoms with Crippen molar-refractivity contribution in [2.45, 2.75) is 57.4 Å². The van der Waals surface area contributed by atoms with Crippen LogP contribution >= 0.6 is 23.2 Å². The minimum absolute atomic E-state index is 0.0135. The van der Waals surface area contributed by atoms with Crippen LogP contribution in [0.15, 0.2) is 0 Å². The van der Waals surface area contributed by atoms with Crippen molar-refractivity contribution in [2.24, 2.45) is 11.8 Å². The van der Waals surface area contributed by atoms with E-state index in [9.17, 15) is 23.9 Å². The number of ketones is 1. The molecule has 10 heteroatoms. The number of aliphatic carboxylic acids is 1. The first-order chi connectivity index (χ1) is 14.2. The van der Waals surface area contributed by atoms with Crippen molar-refractivity contribution >= 4 is 40.9 Å². The van der Waals surface area contributed by atoms with E-state index in [1.807, 2.05) is 23.6 Å². The normalized spacial score (nSPS) is 29.8. The summed E-state index contributed by atoms with van der Waals surface area (Å²) in [5.74, 6) is -2.71. The molecule has 5 unspecified atom stereocenters. The summed E-state index contributed by atoms with van der Waals surface area (Å²) in [4.78, 5) is 40.5. The summed E-state index contributed by atoms with van der Waals surface area (Å²) in [6.07, 6.45) is -0.950. The molecular formula is C20H32Cl2FN3O4. The van der Waals surface area contributed by atoms with Crippen molar-refractivity contribution < 1.29 is 23.9 Å². The van der Waals surface area contributed by atoms with Gasteiger partial charge in [-0.25, -0.2) is 4.39 Å². The fraction of sp³-hybridized carbons (Fsp3) is 0.850. The molecule has 7 nitrogen and oxygen atoms in total. The molecule has 2 rings (SSSR count). The van der Waals surface area contributed by atoms with E-state index in [0.29, 0.717) is 37.8 Å². The van der Waals surface area contributed by atoms with E-state index in [4.69, 9.17) is 23.2 Å². The van der Waals surface area contributed by atoms with Gasteiger partial charge in [-0.05, 0) is 26.7 Å². The molecule has 1 saturated heterocycles. The molecule has 1 aliphatic carbocycles. The lowest BCUT2D eigenvalue weighted by molar-refractivity contribution is -0.156. The van der Waals surface area contributed by atoms with Gasteiger partial charge in [0, 0.05) is 62.4 Å². The number of amides is 1. The number of rotatable bonds is 10. The van der Waals surface area contributed by atoms with Crippen LogP contribution in [0.3, 0.4) is 0 Å². The highest BCUT2D eigenvalue weighted by Gasteiger charge is 2.51. The van der Waals surface area contributed by atoms with Crippen LogP contribution in [0.5, 0.6) is 0 Å². The van der Waals surface area contributed by atoms with Crippen LogP contribution in [0.2, 0.25) is 0 Å². The molecule has 0 aromatic heterocycles. The van der Waals surface area contributed by atoms with Crippen LogP contribution in [0.25, 0.3) is 0 Å². The molecule has 0 radical (unpaired) electrons. The second-order valence-corrected chi connectivity index (χ2v) is 9.14. The number of carbonyl (C=O) groups excluding carboxylic acids is 2. The molecular weight excluding hydrogens is 436 g/mol. The van der Waals surface area contributed by atoms with Crippen molar-refractivity contribution in [2.75, 3.05) is 37.9 Å². The highest BCUT2D eigenvalue weighted by molar-refractivity contribution is 6.18. The molecule has 1 saturated carbocycles. The molecule has 0 aromatic carbocycles. The first-order valence-electron chi connectivity index (χ1n) is 10.5. The highest BCUT2D eigenvalue weighted by atomic mass is 35.5. The van der Waals surface area contributed by atoms with Gasteiger partial charge in [0.2, 0.25) is 5.91 Å². The maximum absolute atomic E-state index is 14.9. The predicted octanol–water partition coefficient (Wildman–Crippen LogP) is 1.75. The van der Waals surface area contributed by atoms with E-state index < -0.39 is 35.8 Å². The number of carboxylic acid groups (broad SMARTS) is 1. The van der Waals surface area contributed by atoms with Gasteiger partial charge in [-0.15, -0.1) is 23.2 Å². The summed E-state index contributed by atoms with van der Waals surface area (Å²) >= 11 is 11.5. The number of piperidine rings is 1. The highest BCUT2D eigenvalue weighted by Crippen LogP contribution is 2.38. The van der Waals surface area contributed by atoms with E-state index in [0.717, 1.165) is 0 Å². The van der Waals surface area contributed by atoms with Crippen molar-refractivity contribution in [1.29, 1.82) is 0 Å². The Labute approximate surface area is 187 Å². The lowest BCUT2D eigenvalue weighted by Crippen LogP contribution is -2.63. The summed E-state index contributed by atoms with van der Waals surface area (Å²) in [5.41, 5.74) is 0. The Balaban J connectivity index is 2.01. The predicted molar refractivity (Wildman–Crippen MR) is 114 cm³/mol. The Kier molecular flexibility index (Phi) is 9.78. The summed E-state index contributed by atoms with van der Waals surface area (Å²) in [6.45, 7) is 5.72. The van der Waals surface area contributed by atoms with E-state index in [1.165, 1.54) is 0 Å². The summed E-state index contributed by atoms with van der Waals surface area (Å²) in [6, 6.07) is -0.947. The monoisotopic (exact) mass is 467 g/mol. The van der Waals surface area contributed by atoms with Gasteiger partial charge in [-0.3, -0.25) is 19.3 Å². The van der Waals surface area contributed by atoms with E-state index in [2.05, 4.69) is 5.32 Å². The zero-order chi connectivity index (χ0) is 22.4. The van der Waals surface area contributed by atoms with Crippen molar-refractivity contribution in [3.63, 3.8) is 0 Å². The van der Waals surface area contributed by atoms with Gasteiger partial charge in [0.05, 0.1) is 6.04 Å². The van der Waals surface area contributed by atoms with Crippen LogP contribution < -0.4 is 5.32 Å². The average molecular weight is 468 g/mol. The molecule has 0 spiro atoms. The summed E-state index contributed by atoms with van der Waals surface area (Å²) in [7, 11) is 0. The topological polar surface area (TPSA) is 90.0 Å². The number of nitrogens with zero attached hydrogens (tertiary/aromatic N) is 2. The summed E-state index contributed by atoms with van der Waals surface area (Å²) in [5, 5.41) is 12.2. The van der Waals surface area contributed by atoms with Gasteiger partial charge in [-0.1, -0.05) is 0 Å². The Hall–Kier alpha value is -0.960. The lowest BCUT2D eigenvalue weighted by atomic mass is 9.71. The van der Waals surface area contributed by atoms with Crippen molar-refractivity contribution in [1.82, 2.24) is 15.1 Å². The van der Waals surface area contributed by atoms with E-state index in [-0.39, 0.29) is 37.4 Å². The fourth-order valence-electron chi connectivity index (χ4n) is 4.56. The SMILES string of the molecule is CC(C)N1CC(C(=O)O)C(=O)C2CC(F)C(NC(=O)CCN(CCCl)CCCl)CC21. The zero-order valence-corrected chi connectivity index (χ0v) is 19.0. The Morgan fingerprint density at radius 2 is 1.87 bits per heavy atom. The molecule has 30 heavy (non-hydrogen) atoms. The van der Waals surface area contributed by atoms with E-state index in [1.54, 1.807) is 0 Å². The number of hydrogen-bond donors (Lipinski definition) is 2. The number of carboxylic acids is 1. The number of fused-ring (bicyclic) bond motifs is 1. The Morgan fingerprint density at radius 1 is 1.23 bits per heavy atom. The van der Waals surface area contributed by atoms with Gasteiger partial charge in [0.15, 0.2) is 5.78 Å². The third-order valence-electron chi connectivity index (χ3n) is 6.17. The number of likely N-dealkylation sites (tertiary alicyclic amines) is 1. The second kappa shape index (κ2) is 11.6. The standard InChI is InChI=1S/C20H32Cl2FN3O4/c1-12(2)26-11-14(20(29)30)19(28)13-9-15(23)16(10-17(13)26)24-18(27)3-6-25(7-4-21)8-5-22/h12-17H,3-11H2,1-2H3,(H,24,27)(H,29,30). The van der Waals surface area contributed by atoms with Gasteiger partial charge < -0.3 is 15.3 Å². The molecule has 2 aliphatic rings. The fourth-order valence-corrected chi connectivity index (χ4v) is 5.04. The van der Waals surface area contributed by atoms with Crippen LogP contribution in [-0.2, 0) is 14.4 Å². The first-order valence-corrected chi connectivity index (χ1v) is 11.6. The smallest absolute Gasteiger partial charge is 0.315 e.